The van der Waals surface area contributed by atoms with E-state index in [-0.39, 0.29) is 47.5 Å². The molecule has 0 N–H and O–H groups in total. The number of ether oxygens (including phenoxy) is 1. The normalized spacial score (nSPS) is 16.8. The molecule has 0 unspecified atom stereocenters. The minimum absolute atomic E-state index is 0.148. The molecule has 4 aromatic rings. The second-order valence-corrected chi connectivity index (χ2v) is 24.9. The molecule has 1 saturated heterocycles. The van der Waals surface area contributed by atoms with Crippen LogP contribution in [0.25, 0.3) is 0 Å². The number of benzene rings is 4. The van der Waals surface area contributed by atoms with Crippen LogP contribution in [0.5, 0.6) is 0 Å². The molecule has 5 nitrogen and oxygen atoms in total. The second kappa shape index (κ2) is 14.0. The Balaban J connectivity index is 1.60. The van der Waals surface area contributed by atoms with Crippen LogP contribution in [0.15, 0.2) is 121 Å². The number of imide groups is 1. The molecule has 8 heteroatoms. The number of likely N-dealkylation sites (tertiary alicyclic amines) is 1. The van der Waals surface area contributed by atoms with Crippen molar-refractivity contribution >= 4 is 69.5 Å². The van der Waals surface area contributed by atoms with E-state index in [0.29, 0.717) is 6.42 Å². The molecule has 0 bridgehead atoms. The van der Waals surface area contributed by atoms with Crippen LogP contribution in [0.4, 0.5) is 4.79 Å². The SMILES string of the molecule is CC(C)(C)OC(=O)N1C(=O)C([Se]c2ccccc2)([Se]c2ccccc2)C[C@H]1CO[Si](c1ccccc1)(c1ccccc1)C(C)(C)C. The maximum atomic E-state index is 14.8. The first kappa shape index (κ1) is 34.4. The summed E-state index contributed by atoms with van der Waals surface area (Å²) in [5, 5.41) is 2.08. The van der Waals surface area contributed by atoms with Crippen molar-refractivity contribution < 1.29 is 18.8 Å². The predicted octanol–water partition coefficient (Wildman–Crippen LogP) is 5.27. The summed E-state index contributed by atoms with van der Waals surface area (Å²) < 4.78 is 14.8. The van der Waals surface area contributed by atoms with Gasteiger partial charge in [-0.1, -0.05) is 0 Å². The van der Waals surface area contributed by atoms with Crippen LogP contribution >= 0.6 is 0 Å². The first-order chi connectivity index (χ1) is 21.8. The number of carbonyl (C=O) groups excluding carboxylic acids is 2. The number of hydrogen-bond donors (Lipinski definition) is 0. The first-order valence-electron chi connectivity index (χ1n) is 15.6. The van der Waals surface area contributed by atoms with Crippen molar-refractivity contribution in [1.29, 1.82) is 0 Å². The third-order valence-electron chi connectivity index (χ3n) is 7.97. The van der Waals surface area contributed by atoms with Crippen molar-refractivity contribution in [3.63, 3.8) is 0 Å². The molecule has 1 fully saturated rings. The fourth-order valence-electron chi connectivity index (χ4n) is 6.05. The van der Waals surface area contributed by atoms with Crippen LogP contribution in [0.1, 0.15) is 48.0 Å². The molecule has 240 valence electrons. The molecule has 0 aliphatic carbocycles. The molecule has 5 rings (SSSR count). The quantitative estimate of drug-likeness (QED) is 0.218. The number of carbonyl (C=O) groups is 2. The Morgan fingerprint density at radius 1 is 0.739 bits per heavy atom. The van der Waals surface area contributed by atoms with Gasteiger partial charge < -0.3 is 0 Å². The topological polar surface area (TPSA) is 55.8 Å². The second-order valence-electron chi connectivity index (χ2n) is 13.6. The van der Waals surface area contributed by atoms with E-state index in [9.17, 15) is 9.59 Å². The Hall–Kier alpha value is -2.96. The Bertz CT molecular complexity index is 1530. The standard InChI is InChI=1S/C38H43NO4Se2Si/c1-36(2,3)43-35(41)39-29(27-38(34(39)40,44-30-19-11-7-12-20-30)45-31-21-13-8-14-22-31)28-42-46(37(4,5)6,32-23-15-9-16-24-32)33-25-17-10-18-26-33/h7-26,29H,27-28H2,1-6H3/t29-/m0/s1. The molecule has 1 aliphatic rings. The van der Waals surface area contributed by atoms with Crippen molar-refractivity contribution in [2.45, 2.75) is 67.9 Å². The molecule has 1 atom stereocenters. The first-order valence-corrected chi connectivity index (χ1v) is 21.0. The Labute approximate surface area is 287 Å². The summed E-state index contributed by atoms with van der Waals surface area (Å²) in [7, 11) is -2.92. The Morgan fingerprint density at radius 2 is 1.15 bits per heavy atom. The van der Waals surface area contributed by atoms with Gasteiger partial charge in [0.25, 0.3) is 0 Å². The molecule has 1 aliphatic heterocycles. The van der Waals surface area contributed by atoms with Gasteiger partial charge in [0.15, 0.2) is 0 Å². The van der Waals surface area contributed by atoms with E-state index >= 15 is 0 Å². The molecule has 0 radical (unpaired) electrons. The minimum atomic E-state index is -2.92. The third kappa shape index (κ3) is 7.44. The van der Waals surface area contributed by atoms with Gasteiger partial charge >= 0.3 is 289 Å². The van der Waals surface area contributed by atoms with Gasteiger partial charge in [-0.3, -0.25) is 0 Å². The summed E-state index contributed by atoms with van der Waals surface area (Å²) >= 11 is -0.457. The molecule has 1 heterocycles. The summed E-state index contributed by atoms with van der Waals surface area (Å²) in [4.78, 5) is 30.3. The molecule has 2 amide bonds. The van der Waals surface area contributed by atoms with Crippen LogP contribution in [-0.2, 0) is 14.0 Å². The van der Waals surface area contributed by atoms with Crippen molar-refractivity contribution in [3.05, 3.63) is 121 Å². The van der Waals surface area contributed by atoms with Gasteiger partial charge in [-0.15, -0.1) is 0 Å². The molecular weight excluding hydrogens is 720 g/mol. The van der Waals surface area contributed by atoms with Crippen LogP contribution < -0.4 is 19.3 Å². The number of nitrogens with zero attached hydrogens (tertiary/aromatic N) is 1. The summed E-state index contributed by atoms with van der Waals surface area (Å²) in [6.45, 7) is 12.5. The third-order valence-corrected chi connectivity index (χ3v) is 19.7. The Kier molecular flexibility index (Phi) is 10.5. The van der Waals surface area contributed by atoms with Crippen LogP contribution in [0, 0.1) is 0 Å². The van der Waals surface area contributed by atoms with E-state index in [4.69, 9.17) is 9.16 Å². The van der Waals surface area contributed by atoms with Gasteiger partial charge in [0.1, 0.15) is 0 Å². The molecule has 46 heavy (non-hydrogen) atoms. The van der Waals surface area contributed by atoms with Gasteiger partial charge in [0, 0.05) is 0 Å². The number of rotatable bonds is 9. The summed E-state index contributed by atoms with van der Waals surface area (Å²) in [6, 6.07) is 41.0. The average molecular weight is 764 g/mol. The van der Waals surface area contributed by atoms with Gasteiger partial charge in [-0.05, 0) is 0 Å². The van der Waals surface area contributed by atoms with E-state index < -0.39 is 29.3 Å². The number of hydrogen-bond acceptors (Lipinski definition) is 4. The fourth-order valence-corrected chi connectivity index (χ4v) is 18.0. The van der Waals surface area contributed by atoms with Crippen molar-refractivity contribution in [3.8, 4) is 0 Å². The zero-order valence-electron chi connectivity index (χ0n) is 27.4. The monoisotopic (exact) mass is 765 g/mol. The molecule has 0 aromatic heterocycles. The van der Waals surface area contributed by atoms with Crippen LogP contribution in [0.3, 0.4) is 0 Å². The van der Waals surface area contributed by atoms with Crippen molar-refractivity contribution in [1.82, 2.24) is 4.90 Å². The van der Waals surface area contributed by atoms with E-state index in [2.05, 4.69) is 93.6 Å². The molecule has 0 spiro atoms. The zero-order chi connectivity index (χ0) is 33.0. The fraction of sp³-hybridized carbons (Fsp3) is 0.316. The molecule has 4 aromatic carbocycles. The van der Waals surface area contributed by atoms with E-state index in [1.165, 1.54) is 4.90 Å². The predicted molar refractivity (Wildman–Crippen MR) is 191 cm³/mol. The zero-order valence-corrected chi connectivity index (χ0v) is 31.9. The summed E-state index contributed by atoms with van der Waals surface area (Å²) in [6.07, 6.45) is -0.0734. The number of amides is 2. The van der Waals surface area contributed by atoms with Gasteiger partial charge in [0.2, 0.25) is 0 Å². The summed E-state index contributed by atoms with van der Waals surface area (Å²) in [5.41, 5.74) is -0.749. The molecule has 0 saturated carbocycles. The van der Waals surface area contributed by atoms with Gasteiger partial charge in [0.05, 0.1) is 0 Å². The Morgan fingerprint density at radius 3 is 1.54 bits per heavy atom. The maximum absolute atomic E-state index is 14.8. The average Bonchev–Trinajstić information content (AvgIpc) is 3.28. The van der Waals surface area contributed by atoms with E-state index in [0.717, 1.165) is 19.3 Å². The molecular formula is C38H43NO4Se2Si. The van der Waals surface area contributed by atoms with Crippen molar-refractivity contribution in [2.75, 3.05) is 6.61 Å². The summed E-state index contributed by atoms with van der Waals surface area (Å²) in [5.74, 6) is -0.148. The van der Waals surface area contributed by atoms with Crippen LogP contribution in [0.2, 0.25) is 8.25 Å². The van der Waals surface area contributed by atoms with Gasteiger partial charge in [-0.25, -0.2) is 0 Å². The van der Waals surface area contributed by atoms with E-state index in [1.54, 1.807) is 0 Å². The van der Waals surface area contributed by atoms with Crippen LogP contribution in [-0.4, -0.2) is 73.4 Å². The van der Waals surface area contributed by atoms with Gasteiger partial charge in [-0.2, -0.15) is 0 Å². The van der Waals surface area contributed by atoms with E-state index in [1.807, 2.05) is 69.3 Å². The van der Waals surface area contributed by atoms with Crippen molar-refractivity contribution in [2.24, 2.45) is 0 Å².